The maximum Gasteiger partial charge on any atom is 0.339 e. The van der Waals surface area contributed by atoms with E-state index in [2.05, 4.69) is 5.43 Å². The van der Waals surface area contributed by atoms with Gasteiger partial charge < -0.3 is 15.3 Å². The topological polar surface area (TPSA) is 165 Å². The first-order valence-electron chi connectivity index (χ1n) is 16.9. The number of amides is 4. The maximum atomic E-state index is 15.2. The number of hydrazine groups is 1. The molecule has 13 heteroatoms. The molecule has 4 aliphatic rings. The number of fused-ring (bicyclic) bond motifs is 4. The van der Waals surface area contributed by atoms with Gasteiger partial charge in [0.25, 0.3) is 11.8 Å². The quantitative estimate of drug-likeness (QED) is 0.136. The van der Waals surface area contributed by atoms with Crippen LogP contribution in [0.25, 0.3) is 0 Å². The molecule has 6 atom stereocenters. The van der Waals surface area contributed by atoms with Gasteiger partial charge in [0.1, 0.15) is 22.9 Å². The van der Waals surface area contributed by atoms with Gasteiger partial charge in [-0.15, -0.1) is 0 Å². The predicted octanol–water partition coefficient (Wildman–Crippen LogP) is 6.09. The number of carbonyl (C=O) groups is 5. The minimum absolute atomic E-state index is 0.00538. The predicted molar refractivity (Wildman–Crippen MR) is 189 cm³/mol. The van der Waals surface area contributed by atoms with Crippen molar-refractivity contribution >= 4 is 52.6 Å². The van der Waals surface area contributed by atoms with Crippen molar-refractivity contribution in [1.82, 2.24) is 5.01 Å². The van der Waals surface area contributed by atoms with Gasteiger partial charge in [-0.25, -0.2) is 14.1 Å². The fraction of sp³-hybridized carbons (Fsp3) is 0.225. The zero-order chi connectivity index (χ0) is 37.5. The molecule has 11 nitrogen and oxygen atoms in total. The summed E-state index contributed by atoms with van der Waals surface area (Å²) in [5.41, 5.74) is 3.51. The van der Waals surface area contributed by atoms with Crippen molar-refractivity contribution < 1.29 is 43.7 Å². The number of hydrogen-bond donors (Lipinski definition) is 4. The highest BCUT2D eigenvalue weighted by atomic mass is 35.5. The van der Waals surface area contributed by atoms with Crippen LogP contribution < -0.4 is 10.3 Å². The molecule has 2 aliphatic carbocycles. The number of halogens is 2. The average molecular weight is 736 g/mol. The van der Waals surface area contributed by atoms with Gasteiger partial charge >= 0.3 is 5.97 Å². The molecule has 268 valence electrons. The summed E-state index contributed by atoms with van der Waals surface area (Å²) in [7, 11) is 0. The summed E-state index contributed by atoms with van der Waals surface area (Å²) in [5.74, 6) is -9.15. The molecular weight excluding hydrogens is 705 g/mol. The minimum Gasteiger partial charge on any atom is -0.508 e. The smallest absolute Gasteiger partial charge is 0.339 e. The number of nitrogens with one attached hydrogen (secondary N) is 1. The van der Waals surface area contributed by atoms with E-state index in [-0.39, 0.29) is 30.0 Å². The monoisotopic (exact) mass is 735 g/mol. The number of anilines is 2. The molecule has 2 saturated heterocycles. The molecule has 3 fully saturated rings. The Kier molecular flexibility index (Phi) is 7.91. The Morgan fingerprint density at radius 3 is 2.25 bits per heavy atom. The van der Waals surface area contributed by atoms with Crippen molar-refractivity contribution in [3.8, 4) is 11.5 Å². The van der Waals surface area contributed by atoms with E-state index in [1.54, 1.807) is 43.3 Å². The molecule has 6 unspecified atom stereocenters. The van der Waals surface area contributed by atoms with Crippen molar-refractivity contribution in [2.75, 3.05) is 10.3 Å². The molecule has 1 saturated carbocycles. The Hall–Kier alpha value is -6.01. The number of rotatable bonds is 6. The third-order valence-electron chi connectivity index (χ3n) is 11.3. The highest BCUT2D eigenvalue weighted by molar-refractivity contribution is 6.30. The molecule has 4 amide bonds. The van der Waals surface area contributed by atoms with Crippen LogP contribution in [0.3, 0.4) is 0 Å². The van der Waals surface area contributed by atoms with Crippen LogP contribution >= 0.6 is 11.6 Å². The Bertz CT molecular complexity index is 2290. The molecule has 2 aliphatic heterocycles. The van der Waals surface area contributed by atoms with Crippen LogP contribution in [-0.2, 0) is 24.6 Å². The fourth-order valence-electron chi connectivity index (χ4n) is 8.98. The molecule has 8 rings (SSSR count). The van der Waals surface area contributed by atoms with Crippen LogP contribution in [-0.4, -0.2) is 49.9 Å². The number of aryl methyl sites for hydroxylation is 1. The fourth-order valence-corrected chi connectivity index (χ4v) is 9.11. The number of aromatic carboxylic acids is 1. The third-order valence-corrected chi connectivity index (χ3v) is 11.5. The number of allylic oxidation sites excluding steroid dienone is 2. The second kappa shape index (κ2) is 12.3. The lowest BCUT2D eigenvalue weighted by Crippen LogP contribution is -2.53. The number of benzene rings is 4. The van der Waals surface area contributed by atoms with Crippen molar-refractivity contribution in [1.29, 1.82) is 0 Å². The first-order valence-corrected chi connectivity index (χ1v) is 17.3. The number of imide groups is 2. The van der Waals surface area contributed by atoms with Gasteiger partial charge in [-0.3, -0.25) is 24.6 Å². The van der Waals surface area contributed by atoms with Crippen molar-refractivity contribution in [2.45, 2.75) is 31.1 Å². The van der Waals surface area contributed by atoms with Gasteiger partial charge in [0.05, 0.1) is 34.5 Å². The summed E-state index contributed by atoms with van der Waals surface area (Å²) in [6.45, 7) is 1.71. The maximum absolute atomic E-state index is 15.2. The van der Waals surface area contributed by atoms with Crippen LogP contribution in [0.5, 0.6) is 11.5 Å². The number of nitrogens with zero attached hydrogens (tertiary/aromatic N) is 2. The summed E-state index contributed by atoms with van der Waals surface area (Å²) < 4.78 is 13.9. The minimum atomic E-state index is -1.59. The highest BCUT2D eigenvalue weighted by Crippen LogP contribution is 2.64. The summed E-state index contributed by atoms with van der Waals surface area (Å²) in [4.78, 5) is 70.9. The van der Waals surface area contributed by atoms with Gasteiger partial charge in [0, 0.05) is 17.0 Å². The molecular formula is C40H31ClFN3O8. The van der Waals surface area contributed by atoms with Crippen LogP contribution in [0, 0.1) is 36.4 Å². The second-order valence-electron chi connectivity index (χ2n) is 13.9. The number of hydrogen-bond acceptors (Lipinski definition) is 8. The standard InChI is InChI=1S/C40H31ClFN3O8/c1-19-16-20(2-15-31(19)46)34-26-13-14-28-33(37(50)44(35(28)48)25-11-12-27(38(51)52)32(47)17-25)29(26)18-30-36(49)45(43-24-9-7-23(42)8-10-24)39(53)40(30,34)21-3-5-22(41)6-4-21/h2-13,15-17,28-30,33-34,43,46-47H,14,18H2,1H3,(H,51,52). The van der Waals surface area contributed by atoms with Crippen molar-refractivity contribution in [3.63, 3.8) is 0 Å². The molecule has 0 bridgehead atoms. The highest BCUT2D eigenvalue weighted by Gasteiger charge is 2.70. The Labute approximate surface area is 306 Å². The number of carboxylic acid groups (broad SMARTS) is 1. The molecule has 53 heavy (non-hydrogen) atoms. The third kappa shape index (κ3) is 5.03. The van der Waals surface area contributed by atoms with E-state index in [9.17, 15) is 38.9 Å². The number of aromatic hydroxyl groups is 2. The SMILES string of the molecule is Cc1cc(C2C3=CCC4C(=O)N(c5ccc(C(=O)O)c(O)c5)C(=O)C4C3CC3C(=O)N(Nc4ccc(F)cc4)C(=O)C32c2ccc(Cl)cc2)ccc1O. The second-order valence-corrected chi connectivity index (χ2v) is 14.4. The molecule has 0 radical (unpaired) electrons. The Morgan fingerprint density at radius 2 is 1.58 bits per heavy atom. The van der Waals surface area contributed by atoms with E-state index in [0.717, 1.165) is 22.0 Å². The summed E-state index contributed by atoms with van der Waals surface area (Å²) in [5, 5.41) is 31.7. The summed E-state index contributed by atoms with van der Waals surface area (Å²) >= 11 is 6.33. The van der Waals surface area contributed by atoms with Crippen LogP contribution in [0.1, 0.15) is 45.8 Å². The van der Waals surface area contributed by atoms with E-state index in [0.29, 0.717) is 27.3 Å². The normalized spacial score (nSPS) is 26.2. The number of phenolic OH excluding ortho intramolecular Hbond substituents is 1. The zero-order valence-electron chi connectivity index (χ0n) is 28.0. The van der Waals surface area contributed by atoms with E-state index >= 15 is 4.79 Å². The lowest BCUT2D eigenvalue weighted by Gasteiger charge is -2.50. The van der Waals surface area contributed by atoms with Gasteiger partial charge in [0.2, 0.25) is 11.8 Å². The largest absolute Gasteiger partial charge is 0.508 e. The van der Waals surface area contributed by atoms with E-state index in [1.165, 1.54) is 36.4 Å². The number of phenols is 2. The van der Waals surface area contributed by atoms with Crippen LogP contribution in [0.2, 0.25) is 5.02 Å². The van der Waals surface area contributed by atoms with Gasteiger partial charge in [0.15, 0.2) is 0 Å². The van der Waals surface area contributed by atoms with E-state index in [4.69, 9.17) is 11.6 Å². The Morgan fingerprint density at radius 1 is 0.868 bits per heavy atom. The van der Waals surface area contributed by atoms with Crippen LogP contribution in [0.15, 0.2) is 96.6 Å². The lowest BCUT2D eigenvalue weighted by molar-refractivity contribution is -0.138. The van der Waals surface area contributed by atoms with E-state index < -0.39 is 81.7 Å². The molecule has 0 aromatic heterocycles. The summed E-state index contributed by atoms with van der Waals surface area (Å²) in [6.07, 6.45) is 2.01. The molecule has 4 N–H and O–H groups in total. The first-order chi connectivity index (χ1) is 25.3. The summed E-state index contributed by atoms with van der Waals surface area (Å²) in [6, 6.07) is 20.3. The van der Waals surface area contributed by atoms with Crippen LogP contribution in [0.4, 0.5) is 15.8 Å². The lowest BCUT2D eigenvalue weighted by atomic mass is 9.49. The molecule has 0 spiro atoms. The van der Waals surface area contributed by atoms with Gasteiger partial charge in [-0.2, -0.15) is 5.01 Å². The molecule has 4 aromatic rings. The van der Waals surface area contributed by atoms with E-state index in [1.807, 2.05) is 6.08 Å². The van der Waals surface area contributed by atoms with Gasteiger partial charge in [-0.05, 0) is 97.0 Å². The number of carboxylic acids is 1. The first kappa shape index (κ1) is 34.1. The Balaban J connectivity index is 1.30. The van der Waals surface area contributed by atoms with Gasteiger partial charge in [-0.1, -0.05) is 47.5 Å². The van der Waals surface area contributed by atoms with Crippen molar-refractivity contribution in [2.24, 2.45) is 23.7 Å². The molecule has 4 aromatic carbocycles. The zero-order valence-corrected chi connectivity index (χ0v) is 28.8. The number of carbonyl (C=O) groups excluding carboxylic acids is 4. The van der Waals surface area contributed by atoms with Crippen molar-refractivity contribution in [3.05, 3.63) is 130 Å². The molecule has 2 heterocycles. The average Bonchev–Trinajstić information content (AvgIpc) is 3.51.